The molecule has 1 aliphatic heterocycles. The molecule has 5 nitrogen and oxygen atoms in total. The van der Waals surface area contributed by atoms with Crippen LogP contribution < -0.4 is 10.6 Å². The summed E-state index contributed by atoms with van der Waals surface area (Å²) in [5.41, 5.74) is 2.79. The predicted octanol–water partition coefficient (Wildman–Crippen LogP) is 1.90. The number of likely N-dealkylation sites (N-methyl/N-ethyl adjacent to an activating group) is 1. The van der Waals surface area contributed by atoms with E-state index in [1.165, 1.54) is 50.3 Å². The van der Waals surface area contributed by atoms with Gasteiger partial charge in [-0.1, -0.05) is 38.1 Å². The lowest BCUT2D eigenvalue weighted by Crippen LogP contribution is -2.45. The number of benzene rings is 1. The fourth-order valence-corrected chi connectivity index (χ4v) is 3.46. The second-order valence-electron chi connectivity index (χ2n) is 7.37. The Morgan fingerprint density at radius 2 is 1.76 bits per heavy atom. The minimum atomic E-state index is 0.594. The van der Waals surface area contributed by atoms with Gasteiger partial charge in [0.2, 0.25) is 0 Å². The third kappa shape index (κ3) is 5.19. The van der Waals surface area contributed by atoms with Crippen molar-refractivity contribution in [3.8, 4) is 0 Å². The molecule has 2 atom stereocenters. The molecule has 0 spiro atoms. The summed E-state index contributed by atoms with van der Waals surface area (Å²) in [5.74, 6) is 1.69. The van der Waals surface area contributed by atoms with Crippen molar-refractivity contribution >= 4 is 5.96 Å². The molecule has 2 aliphatic rings. The van der Waals surface area contributed by atoms with E-state index in [9.17, 15) is 0 Å². The number of guanidine groups is 1. The molecular formula is C20H33N5. The molecule has 1 saturated carbocycles. The Labute approximate surface area is 152 Å². The SMILES string of the molecule is CCN1CCN(Cc2ccccc2CNC(=NC)NC2CC2C)CC1. The second-order valence-corrected chi connectivity index (χ2v) is 7.37. The van der Waals surface area contributed by atoms with Gasteiger partial charge in [0.25, 0.3) is 0 Å². The van der Waals surface area contributed by atoms with Gasteiger partial charge in [-0.15, -0.1) is 0 Å². The van der Waals surface area contributed by atoms with Crippen LogP contribution in [-0.4, -0.2) is 61.6 Å². The molecule has 1 aromatic carbocycles. The number of rotatable bonds is 6. The summed E-state index contributed by atoms with van der Waals surface area (Å²) in [6.45, 7) is 12.3. The maximum atomic E-state index is 4.36. The largest absolute Gasteiger partial charge is 0.353 e. The van der Waals surface area contributed by atoms with E-state index < -0.39 is 0 Å². The number of piperazine rings is 1. The number of hydrogen-bond acceptors (Lipinski definition) is 3. The summed E-state index contributed by atoms with van der Waals surface area (Å²) >= 11 is 0. The van der Waals surface area contributed by atoms with Crippen molar-refractivity contribution in [3.63, 3.8) is 0 Å². The predicted molar refractivity (Wildman–Crippen MR) is 105 cm³/mol. The van der Waals surface area contributed by atoms with Gasteiger partial charge in [0, 0.05) is 52.4 Å². The summed E-state index contributed by atoms with van der Waals surface area (Å²) in [5, 5.41) is 6.98. The van der Waals surface area contributed by atoms with E-state index >= 15 is 0 Å². The van der Waals surface area contributed by atoms with Crippen LogP contribution in [0, 0.1) is 5.92 Å². The molecule has 1 heterocycles. The Balaban J connectivity index is 1.53. The van der Waals surface area contributed by atoms with Crippen molar-refractivity contribution < 1.29 is 0 Å². The zero-order valence-corrected chi connectivity index (χ0v) is 16.0. The van der Waals surface area contributed by atoms with Gasteiger partial charge >= 0.3 is 0 Å². The highest BCUT2D eigenvalue weighted by Crippen LogP contribution is 2.28. The van der Waals surface area contributed by atoms with Gasteiger partial charge in [-0.3, -0.25) is 9.89 Å². The maximum Gasteiger partial charge on any atom is 0.191 e. The first-order valence-electron chi connectivity index (χ1n) is 9.68. The van der Waals surface area contributed by atoms with Gasteiger partial charge in [-0.2, -0.15) is 0 Å². The summed E-state index contributed by atoms with van der Waals surface area (Å²) in [4.78, 5) is 9.46. The molecule has 2 unspecified atom stereocenters. The van der Waals surface area contributed by atoms with Crippen molar-refractivity contribution in [1.82, 2.24) is 20.4 Å². The third-order valence-corrected chi connectivity index (χ3v) is 5.53. The van der Waals surface area contributed by atoms with Crippen LogP contribution in [0.5, 0.6) is 0 Å². The van der Waals surface area contributed by atoms with E-state index in [1.807, 2.05) is 7.05 Å². The van der Waals surface area contributed by atoms with Gasteiger partial charge in [0.1, 0.15) is 0 Å². The fourth-order valence-electron chi connectivity index (χ4n) is 3.46. The first-order valence-corrected chi connectivity index (χ1v) is 9.68. The highest BCUT2D eigenvalue weighted by molar-refractivity contribution is 5.80. The molecule has 2 fully saturated rings. The smallest absolute Gasteiger partial charge is 0.191 e. The summed E-state index contributed by atoms with van der Waals surface area (Å²) in [7, 11) is 1.85. The minimum absolute atomic E-state index is 0.594. The summed E-state index contributed by atoms with van der Waals surface area (Å²) < 4.78 is 0. The van der Waals surface area contributed by atoms with Gasteiger partial charge in [0.05, 0.1) is 0 Å². The van der Waals surface area contributed by atoms with E-state index in [4.69, 9.17) is 0 Å². The topological polar surface area (TPSA) is 42.9 Å². The monoisotopic (exact) mass is 343 g/mol. The average Bonchev–Trinajstić information content (AvgIpc) is 3.35. The molecule has 1 aromatic rings. The molecule has 0 amide bonds. The van der Waals surface area contributed by atoms with Crippen molar-refractivity contribution in [1.29, 1.82) is 0 Å². The van der Waals surface area contributed by atoms with Crippen LogP contribution >= 0.6 is 0 Å². The van der Waals surface area contributed by atoms with Crippen LogP contribution in [0.15, 0.2) is 29.3 Å². The van der Waals surface area contributed by atoms with Crippen LogP contribution in [0.1, 0.15) is 31.4 Å². The molecule has 1 aliphatic carbocycles. The molecule has 138 valence electrons. The number of nitrogens with one attached hydrogen (secondary N) is 2. The third-order valence-electron chi connectivity index (χ3n) is 5.53. The second kappa shape index (κ2) is 8.68. The number of hydrogen-bond donors (Lipinski definition) is 2. The van der Waals surface area contributed by atoms with E-state index in [2.05, 4.69) is 63.5 Å². The molecule has 5 heteroatoms. The van der Waals surface area contributed by atoms with E-state index in [0.717, 1.165) is 25.0 Å². The highest BCUT2D eigenvalue weighted by atomic mass is 15.3. The molecule has 3 rings (SSSR count). The van der Waals surface area contributed by atoms with Crippen molar-refractivity contribution in [2.45, 2.75) is 39.4 Å². The van der Waals surface area contributed by atoms with E-state index in [1.54, 1.807) is 0 Å². The fraction of sp³-hybridized carbons (Fsp3) is 0.650. The zero-order valence-electron chi connectivity index (χ0n) is 16.0. The van der Waals surface area contributed by atoms with Gasteiger partial charge in [0.15, 0.2) is 5.96 Å². The lowest BCUT2D eigenvalue weighted by Gasteiger charge is -2.34. The Kier molecular flexibility index (Phi) is 6.32. The Morgan fingerprint density at radius 1 is 1.12 bits per heavy atom. The lowest BCUT2D eigenvalue weighted by molar-refractivity contribution is 0.131. The molecular weight excluding hydrogens is 310 g/mol. The molecule has 1 saturated heterocycles. The molecule has 0 aromatic heterocycles. The first-order chi connectivity index (χ1) is 12.2. The standard InChI is InChI=1S/C20H33N5/c1-4-24-9-11-25(12-10-24)15-18-8-6-5-7-17(18)14-22-20(21-3)23-19-13-16(19)2/h5-8,16,19H,4,9-15H2,1-3H3,(H2,21,22,23). The van der Waals surface area contributed by atoms with Gasteiger partial charge in [-0.05, 0) is 30.0 Å². The van der Waals surface area contributed by atoms with Crippen LogP contribution in [0.2, 0.25) is 0 Å². The lowest BCUT2D eigenvalue weighted by atomic mass is 10.1. The zero-order chi connectivity index (χ0) is 17.6. The summed E-state index contributed by atoms with van der Waals surface area (Å²) in [6, 6.07) is 9.38. The number of nitrogens with zero attached hydrogens (tertiary/aromatic N) is 3. The Morgan fingerprint density at radius 3 is 2.36 bits per heavy atom. The first kappa shape index (κ1) is 18.2. The minimum Gasteiger partial charge on any atom is -0.353 e. The van der Waals surface area contributed by atoms with Crippen molar-refractivity contribution in [3.05, 3.63) is 35.4 Å². The van der Waals surface area contributed by atoms with Gasteiger partial charge in [-0.25, -0.2) is 0 Å². The molecule has 0 bridgehead atoms. The number of aliphatic imine (C=N–C) groups is 1. The Hall–Kier alpha value is -1.59. The molecule has 2 N–H and O–H groups in total. The quantitative estimate of drug-likeness (QED) is 0.612. The van der Waals surface area contributed by atoms with Crippen molar-refractivity contribution in [2.75, 3.05) is 39.8 Å². The van der Waals surface area contributed by atoms with Crippen LogP contribution in [0.25, 0.3) is 0 Å². The maximum absolute atomic E-state index is 4.36. The van der Waals surface area contributed by atoms with E-state index in [-0.39, 0.29) is 0 Å². The highest BCUT2D eigenvalue weighted by Gasteiger charge is 2.33. The van der Waals surface area contributed by atoms with Crippen LogP contribution in [-0.2, 0) is 13.1 Å². The average molecular weight is 344 g/mol. The van der Waals surface area contributed by atoms with Crippen LogP contribution in [0.4, 0.5) is 0 Å². The summed E-state index contributed by atoms with van der Waals surface area (Å²) in [6.07, 6.45) is 1.25. The molecule has 25 heavy (non-hydrogen) atoms. The Bertz CT molecular complexity index is 577. The van der Waals surface area contributed by atoms with E-state index in [0.29, 0.717) is 6.04 Å². The molecule has 0 radical (unpaired) electrons. The van der Waals surface area contributed by atoms with Gasteiger partial charge < -0.3 is 15.5 Å². The van der Waals surface area contributed by atoms with Crippen LogP contribution in [0.3, 0.4) is 0 Å². The van der Waals surface area contributed by atoms with Crippen molar-refractivity contribution in [2.24, 2.45) is 10.9 Å². The normalized spacial score (nSPS) is 25.0.